The van der Waals surface area contributed by atoms with E-state index in [1.807, 2.05) is 0 Å². The van der Waals surface area contributed by atoms with E-state index in [2.05, 4.69) is 132 Å². The Balaban J connectivity index is 1.52. The number of aryl methyl sites for hydroxylation is 2. The molecule has 162 valence electrons. The van der Waals surface area contributed by atoms with Crippen LogP contribution in [0.2, 0.25) is 0 Å². The second-order valence-corrected chi connectivity index (χ2v) is 9.20. The van der Waals surface area contributed by atoms with Crippen molar-refractivity contribution in [2.45, 2.75) is 6.92 Å². The molecule has 0 aliphatic heterocycles. The molecule has 7 rings (SSSR count). The summed E-state index contributed by atoms with van der Waals surface area (Å²) in [5.74, 6) is 0. The summed E-state index contributed by atoms with van der Waals surface area (Å²) in [5.41, 5.74) is 9.98. The van der Waals surface area contributed by atoms with E-state index in [9.17, 15) is 0 Å². The summed E-state index contributed by atoms with van der Waals surface area (Å²) in [6.45, 7) is 2.16. The van der Waals surface area contributed by atoms with Crippen LogP contribution >= 0.6 is 0 Å². The smallest absolute Gasteiger partial charge is 0.0568 e. The van der Waals surface area contributed by atoms with Crippen LogP contribution in [0.15, 0.2) is 109 Å². The fourth-order valence-electron chi connectivity index (χ4n) is 5.65. The maximum Gasteiger partial charge on any atom is 0.0568 e. The van der Waals surface area contributed by atoms with Crippen LogP contribution in [0, 0.1) is 6.92 Å². The highest BCUT2D eigenvalue weighted by Gasteiger charge is 2.15. The van der Waals surface area contributed by atoms with Gasteiger partial charge in [-0.1, -0.05) is 78.4 Å². The highest BCUT2D eigenvalue weighted by atomic mass is 15.0. The SMILES string of the molecule is Cc1ccc2c(c1)c1ccccc1n2-c1cccc(-c2cccc3c4ccccc4n(C)c23)c1. The first-order valence-electron chi connectivity index (χ1n) is 11.8. The van der Waals surface area contributed by atoms with Crippen molar-refractivity contribution in [3.05, 3.63) is 115 Å². The molecule has 0 atom stereocenters. The summed E-state index contributed by atoms with van der Waals surface area (Å²) in [4.78, 5) is 0. The van der Waals surface area contributed by atoms with E-state index >= 15 is 0 Å². The Labute approximate surface area is 198 Å². The lowest BCUT2D eigenvalue weighted by Crippen LogP contribution is -1.95. The minimum Gasteiger partial charge on any atom is -0.343 e. The molecule has 0 aliphatic carbocycles. The average Bonchev–Trinajstić information content (AvgIpc) is 3.36. The monoisotopic (exact) mass is 436 g/mol. The molecular weight excluding hydrogens is 412 g/mol. The molecule has 0 saturated heterocycles. The van der Waals surface area contributed by atoms with Crippen LogP contribution in [0.3, 0.4) is 0 Å². The molecule has 0 unspecified atom stereocenters. The lowest BCUT2D eigenvalue weighted by Gasteiger charge is -2.12. The Morgan fingerprint density at radius 3 is 2.06 bits per heavy atom. The zero-order valence-corrected chi connectivity index (χ0v) is 19.3. The molecule has 2 heteroatoms. The van der Waals surface area contributed by atoms with Crippen molar-refractivity contribution in [1.29, 1.82) is 0 Å². The predicted molar refractivity (Wildman–Crippen MR) is 145 cm³/mol. The minimum atomic E-state index is 1.18. The van der Waals surface area contributed by atoms with Gasteiger partial charge in [0.15, 0.2) is 0 Å². The second-order valence-electron chi connectivity index (χ2n) is 9.20. The van der Waals surface area contributed by atoms with Crippen LogP contribution in [0.1, 0.15) is 5.56 Å². The number of fused-ring (bicyclic) bond motifs is 6. The van der Waals surface area contributed by atoms with Gasteiger partial charge in [-0.15, -0.1) is 0 Å². The third-order valence-electron chi connectivity index (χ3n) is 7.17. The highest BCUT2D eigenvalue weighted by Crippen LogP contribution is 2.37. The average molecular weight is 437 g/mol. The quantitative estimate of drug-likeness (QED) is 0.257. The number of para-hydroxylation sites is 3. The van der Waals surface area contributed by atoms with Gasteiger partial charge in [0, 0.05) is 45.4 Å². The summed E-state index contributed by atoms with van der Waals surface area (Å²) in [6, 6.07) is 39.8. The fourth-order valence-corrected chi connectivity index (χ4v) is 5.65. The normalized spacial score (nSPS) is 11.8. The number of rotatable bonds is 2. The summed E-state index contributed by atoms with van der Waals surface area (Å²) in [7, 11) is 2.17. The maximum atomic E-state index is 2.40. The van der Waals surface area contributed by atoms with Crippen molar-refractivity contribution in [2.24, 2.45) is 7.05 Å². The molecule has 34 heavy (non-hydrogen) atoms. The Hall–Kier alpha value is -4.30. The molecule has 0 aliphatic rings. The van der Waals surface area contributed by atoms with Gasteiger partial charge in [0.2, 0.25) is 0 Å². The molecule has 2 nitrogen and oxygen atoms in total. The second kappa shape index (κ2) is 7.10. The van der Waals surface area contributed by atoms with Crippen LogP contribution in [-0.4, -0.2) is 9.13 Å². The third-order valence-corrected chi connectivity index (χ3v) is 7.17. The van der Waals surface area contributed by atoms with Crippen molar-refractivity contribution < 1.29 is 0 Å². The topological polar surface area (TPSA) is 9.86 Å². The first kappa shape index (κ1) is 19.2. The largest absolute Gasteiger partial charge is 0.343 e. The van der Waals surface area contributed by atoms with Gasteiger partial charge in [0.05, 0.1) is 16.6 Å². The van der Waals surface area contributed by atoms with Crippen molar-refractivity contribution >= 4 is 43.6 Å². The van der Waals surface area contributed by atoms with E-state index in [0.29, 0.717) is 0 Å². The zero-order chi connectivity index (χ0) is 22.8. The zero-order valence-electron chi connectivity index (χ0n) is 19.3. The van der Waals surface area contributed by atoms with Gasteiger partial charge in [-0.05, 0) is 48.9 Å². The lowest BCUT2D eigenvalue weighted by atomic mass is 10.0. The van der Waals surface area contributed by atoms with Gasteiger partial charge >= 0.3 is 0 Å². The van der Waals surface area contributed by atoms with Gasteiger partial charge < -0.3 is 9.13 Å². The van der Waals surface area contributed by atoms with Crippen LogP contribution in [0.5, 0.6) is 0 Å². The summed E-state index contributed by atoms with van der Waals surface area (Å²) in [6.07, 6.45) is 0. The molecule has 0 spiro atoms. The maximum absolute atomic E-state index is 2.40. The number of hydrogen-bond donors (Lipinski definition) is 0. The molecule has 5 aromatic carbocycles. The molecule has 2 aromatic heterocycles. The highest BCUT2D eigenvalue weighted by molar-refractivity contribution is 6.13. The van der Waals surface area contributed by atoms with Gasteiger partial charge in [-0.25, -0.2) is 0 Å². The van der Waals surface area contributed by atoms with E-state index in [1.165, 1.54) is 66.0 Å². The van der Waals surface area contributed by atoms with Gasteiger partial charge in [0.25, 0.3) is 0 Å². The molecule has 0 saturated carbocycles. The Morgan fingerprint density at radius 1 is 0.529 bits per heavy atom. The summed E-state index contributed by atoms with van der Waals surface area (Å²) in [5, 5.41) is 5.20. The van der Waals surface area contributed by atoms with E-state index in [0.717, 1.165) is 0 Å². The first-order chi connectivity index (χ1) is 16.7. The van der Waals surface area contributed by atoms with E-state index < -0.39 is 0 Å². The number of hydrogen-bond acceptors (Lipinski definition) is 0. The molecule has 0 N–H and O–H groups in total. The van der Waals surface area contributed by atoms with E-state index in [-0.39, 0.29) is 0 Å². The molecule has 0 amide bonds. The molecule has 7 aromatic rings. The molecular formula is C32H24N2. The van der Waals surface area contributed by atoms with E-state index in [4.69, 9.17) is 0 Å². The lowest BCUT2D eigenvalue weighted by molar-refractivity contribution is 1.01. The molecule has 0 fully saturated rings. The Kier molecular flexibility index (Phi) is 4.01. The van der Waals surface area contributed by atoms with Crippen LogP contribution in [0.4, 0.5) is 0 Å². The number of nitrogens with zero attached hydrogens (tertiary/aromatic N) is 2. The van der Waals surface area contributed by atoms with Crippen molar-refractivity contribution in [2.75, 3.05) is 0 Å². The van der Waals surface area contributed by atoms with Crippen LogP contribution < -0.4 is 0 Å². The standard InChI is InChI=1S/C32H24N2/c1-21-17-18-31-28(19-21)26-12-4-6-16-30(26)34(31)23-10-7-9-22(20-23)24-13-8-14-27-25-11-3-5-15-29(25)33(2)32(24)27/h3-20H,1-2H3. The Bertz CT molecular complexity index is 1880. The minimum absolute atomic E-state index is 1.18. The summed E-state index contributed by atoms with van der Waals surface area (Å²) >= 11 is 0. The van der Waals surface area contributed by atoms with Gasteiger partial charge in [-0.3, -0.25) is 0 Å². The fraction of sp³-hybridized carbons (Fsp3) is 0.0625. The number of aromatic nitrogens is 2. The van der Waals surface area contributed by atoms with Crippen molar-refractivity contribution in [1.82, 2.24) is 9.13 Å². The molecule has 0 bridgehead atoms. The van der Waals surface area contributed by atoms with Crippen LogP contribution in [0.25, 0.3) is 60.4 Å². The van der Waals surface area contributed by atoms with Gasteiger partial charge in [0.1, 0.15) is 0 Å². The Morgan fingerprint density at radius 2 is 1.21 bits per heavy atom. The van der Waals surface area contributed by atoms with Crippen LogP contribution in [-0.2, 0) is 7.05 Å². The van der Waals surface area contributed by atoms with Crippen molar-refractivity contribution in [3.63, 3.8) is 0 Å². The third kappa shape index (κ3) is 2.63. The van der Waals surface area contributed by atoms with Crippen molar-refractivity contribution in [3.8, 4) is 16.8 Å². The predicted octanol–water partition coefficient (Wildman–Crippen LogP) is 8.40. The molecule has 2 heterocycles. The van der Waals surface area contributed by atoms with Gasteiger partial charge in [-0.2, -0.15) is 0 Å². The summed E-state index contributed by atoms with van der Waals surface area (Å²) < 4.78 is 4.73. The molecule has 0 radical (unpaired) electrons. The first-order valence-corrected chi connectivity index (χ1v) is 11.8. The number of benzene rings is 5. The van der Waals surface area contributed by atoms with E-state index in [1.54, 1.807) is 0 Å².